The van der Waals surface area contributed by atoms with Crippen LogP contribution in [0.3, 0.4) is 0 Å². The Hall–Kier alpha value is -0.860. The van der Waals surface area contributed by atoms with E-state index in [1.165, 1.54) is 5.56 Å². The van der Waals surface area contributed by atoms with Crippen LogP contribution >= 0.6 is 0 Å². The van der Waals surface area contributed by atoms with E-state index in [4.69, 9.17) is 10.5 Å². The highest BCUT2D eigenvalue weighted by Gasteiger charge is 2.04. The lowest BCUT2D eigenvalue weighted by molar-refractivity contribution is 0.0737. The Labute approximate surface area is 92.4 Å². The summed E-state index contributed by atoms with van der Waals surface area (Å²) in [5, 5.41) is 0. The molecular formula is C13H21NO. The van der Waals surface area contributed by atoms with Gasteiger partial charge in [0.15, 0.2) is 0 Å². The Balaban J connectivity index is 2.21. The maximum atomic E-state index is 6.01. The molecule has 0 saturated heterocycles. The lowest BCUT2D eigenvalue weighted by atomic mass is 10.0. The van der Waals surface area contributed by atoms with E-state index < -0.39 is 0 Å². The van der Waals surface area contributed by atoms with Crippen molar-refractivity contribution in [1.29, 1.82) is 0 Å². The molecule has 2 nitrogen and oxygen atoms in total. The number of hydrogen-bond donors (Lipinski definition) is 1. The molecular weight excluding hydrogens is 186 g/mol. The molecule has 84 valence electrons. The van der Waals surface area contributed by atoms with Crippen molar-refractivity contribution < 1.29 is 4.74 Å². The van der Waals surface area contributed by atoms with Gasteiger partial charge in [0.1, 0.15) is 0 Å². The van der Waals surface area contributed by atoms with Crippen LogP contribution in [0.4, 0.5) is 0 Å². The molecule has 0 aliphatic rings. The van der Waals surface area contributed by atoms with E-state index in [0.717, 1.165) is 19.4 Å². The molecule has 1 atom stereocenters. The SMILES string of the molecule is CC(C)OCCC(N)Cc1ccccc1. The van der Waals surface area contributed by atoms with Gasteiger partial charge in [-0.15, -0.1) is 0 Å². The fourth-order valence-corrected chi connectivity index (χ4v) is 1.47. The molecule has 1 unspecified atom stereocenters. The van der Waals surface area contributed by atoms with Crippen molar-refractivity contribution in [2.45, 2.75) is 38.8 Å². The summed E-state index contributed by atoms with van der Waals surface area (Å²) in [6.45, 7) is 4.84. The molecule has 15 heavy (non-hydrogen) atoms. The predicted molar refractivity (Wildman–Crippen MR) is 63.8 cm³/mol. The standard InChI is InChI=1S/C13H21NO/c1-11(2)15-9-8-13(14)10-12-6-4-3-5-7-12/h3-7,11,13H,8-10,14H2,1-2H3. The van der Waals surface area contributed by atoms with Crippen molar-refractivity contribution in [3.05, 3.63) is 35.9 Å². The lowest BCUT2D eigenvalue weighted by Crippen LogP contribution is -2.25. The number of nitrogens with two attached hydrogens (primary N) is 1. The van der Waals surface area contributed by atoms with E-state index in [1.54, 1.807) is 0 Å². The van der Waals surface area contributed by atoms with Crippen molar-refractivity contribution in [3.8, 4) is 0 Å². The third-order valence-corrected chi connectivity index (χ3v) is 2.28. The number of benzene rings is 1. The second kappa shape index (κ2) is 6.59. The molecule has 0 saturated carbocycles. The van der Waals surface area contributed by atoms with E-state index >= 15 is 0 Å². The Morgan fingerprint density at radius 1 is 1.20 bits per heavy atom. The van der Waals surface area contributed by atoms with Gasteiger partial charge < -0.3 is 10.5 Å². The largest absolute Gasteiger partial charge is 0.379 e. The van der Waals surface area contributed by atoms with E-state index in [-0.39, 0.29) is 6.04 Å². The first kappa shape index (κ1) is 12.2. The Kier molecular flexibility index (Phi) is 5.37. The van der Waals surface area contributed by atoms with Gasteiger partial charge in [0.05, 0.1) is 6.10 Å². The van der Waals surface area contributed by atoms with Crippen molar-refractivity contribution in [2.24, 2.45) is 5.73 Å². The Morgan fingerprint density at radius 3 is 2.47 bits per heavy atom. The molecule has 0 bridgehead atoms. The average molecular weight is 207 g/mol. The quantitative estimate of drug-likeness (QED) is 0.777. The third kappa shape index (κ3) is 5.55. The van der Waals surface area contributed by atoms with Gasteiger partial charge >= 0.3 is 0 Å². The van der Waals surface area contributed by atoms with Gasteiger partial charge in [0, 0.05) is 12.6 Å². The molecule has 2 N–H and O–H groups in total. The van der Waals surface area contributed by atoms with Crippen LogP contribution in [-0.2, 0) is 11.2 Å². The predicted octanol–water partition coefficient (Wildman–Crippen LogP) is 2.37. The van der Waals surface area contributed by atoms with Crippen LogP contribution in [0.1, 0.15) is 25.8 Å². The molecule has 0 fully saturated rings. The van der Waals surface area contributed by atoms with Crippen LogP contribution in [0.5, 0.6) is 0 Å². The van der Waals surface area contributed by atoms with Crippen LogP contribution in [0.15, 0.2) is 30.3 Å². The second-order valence-corrected chi connectivity index (χ2v) is 4.16. The van der Waals surface area contributed by atoms with Crippen LogP contribution in [0.25, 0.3) is 0 Å². The first-order valence-electron chi connectivity index (χ1n) is 5.59. The molecule has 1 aromatic rings. The van der Waals surface area contributed by atoms with Gasteiger partial charge in [-0.2, -0.15) is 0 Å². The summed E-state index contributed by atoms with van der Waals surface area (Å²) >= 11 is 0. The minimum Gasteiger partial charge on any atom is -0.379 e. The first-order valence-corrected chi connectivity index (χ1v) is 5.59. The number of ether oxygens (including phenoxy) is 1. The molecule has 1 aromatic carbocycles. The Morgan fingerprint density at radius 2 is 1.87 bits per heavy atom. The van der Waals surface area contributed by atoms with Crippen LogP contribution < -0.4 is 5.73 Å². The van der Waals surface area contributed by atoms with Gasteiger partial charge in [0.25, 0.3) is 0 Å². The van der Waals surface area contributed by atoms with Gasteiger partial charge in [-0.3, -0.25) is 0 Å². The average Bonchev–Trinajstić information content (AvgIpc) is 2.18. The zero-order valence-corrected chi connectivity index (χ0v) is 9.65. The monoisotopic (exact) mass is 207 g/mol. The number of rotatable bonds is 6. The summed E-state index contributed by atoms with van der Waals surface area (Å²) in [6.07, 6.45) is 2.16. The highest BCUT2D eigenvalue weighted by molar-refractivity contribution is 5.15. The van der Waals surface area contributed by atoms with Gasteiger partial charge in [-0.25, -0.2) is 0 Å². The van der Waals surface area contributed by atoms with Crippen molar-refractivity contribution >= 4 is 0 Å². The molecule has 0 aliphatic heterocycles. The molecule has 0 aliphatic carbocycles. The van der Waals surface area contributed by atoms with E-state index in [0.29, 0.717) is 6.10 Å². The van der Waals surface area contributed by atoms with Crippen molar-refractivity contribution in [3.63, 3.8) is 0 Å². The zero-order chi connectivity index (χ0) is 11.1. The maximum Gasteiger partial charge on any atom is 0.0518 e. The molecule has 2 heteroatoms. The normalized spacial score (nSPS) is 13.1. The lowest BCUT2D eigenvalue weighted by Gasteiger charge is -2.13. The van der Waals surface area contributed by atoms with Gasteiger partial charge in [-0.1, -0.05) is 30.3 Å². The molecule has 0 spiro atoms. The molecule has 0 heterocycles. The summed E-state index contributed by atoms with van der Waals surface area (Å²) in [4.78, 5) is 0. The maximum absolute atomic E-state index is 6.01. The van der Waals surface area contributed by atoms with Crippen LogP contribution in [0, 0.1) is 0 Å². The Bertz CT molecular complexity index is 258. The zero-order valence-electron chi connectivity index (χ0n) is 9.65. The van der Waals surface area contributed by atoms with Crippen LogP contribution in [-0.4, -0.2) is 18.8 Å². The minimum atomic E-state index is 0.200. The van der Waals surface area contributed by atoms with Crippen LogP contribution in [0.2, 0.25) is 0 Å². The molecule has 0 radical (unpaired) electrons. The minimum absolute atomic E-state index is 0.200. The highest BCUT2D eigenvalue weighted by atomic mass is 16.5. The van der Waals surface area contributed by atoms with E-state index in [9.17, 15) is 0 Å². The molecule has 0 aromatic heterocycles. The summed E-state index contributed by atoms with van der Waals surface area (Å²) in [7, 11) is 0. The highest BCUT2D eigenvalue weighted by Crippen LogP contribution is 2.04. The van der Waals surface area contributed by atoms with E-state index in [1.807, 2.05) is 32.0 Å². The summed E-state index contributed by atoms with van der Waals surface area (Å²) in [6, 6.07) is 10.5. The van der Waals surface area contributed by atoms with Crippen molar-refractivity contribution in [2.75, 3.05) is 6.61 Å². The van der Waals surface area contributed by atoms with E-state index in [2.05, 4.69) is 12.1 Å². The number of hydrogen-bond acceptors (Lipinski definition) is 2. The van der Waals surface area contributed by atoms with Gasteiger partial charge in [0.2, 0.25) is 0 Å². The summed E-state index contributed by atoms with van der Waals surface area (Å²) in [5.41, 5.74) is 7.31. The van der Waals surface area contributed by atoms with Crippen molar-refractivity contribution in [1.82, 2.24) is 0 Å². The smallest absolute Gasteiger partial charge is 0.0518 e. The molecule has 1 rings (SSSR count). The third-order valence-electron chi connectivity index (χ3n) is 2.28. The van der Waals surface area contributed by atoms with Gasteiger partial charge in [-0.05, 0) is 32.3 Å². The fraction of sp³-hybridized carbons (Fsp3) is 0.538. The molecule has 0 amide bonds. The second-order valence-electron chi connectivity index (χ2n) is 4.16. The fourth-order valence-electron chi connectivity index (χ4n) is 1.47. The first-order chi connectivity index (χ1) is 7.18. The topological polar surface area (TPSA) is 35.2 Å². The summed E-state index contributed by atoms with van der Waals surface area (Å²) in [5.74, 6) is 0. The summed E-state index contributed by atoms with van der Waals surface area (Å²) < 4.78 is 5.47.